The highest BCUT2D eigenvalue weighted by Crippen LogP contribution is 2.53. The average molecular weight is 459 g/mol. The molecular weight excluding hydrogens is 436 g/mol. The van der Waals surface area contributed by atoms with Crippen LogP contribution in [-0.4, -0.2) is 28.1 Å². The molecule has 1 aromatic carbocycles. The fourth-order valence-electron chi connectivity index (χ4n) is 5.15. The van der Waals surface area contributed by atoms with E-state index in [9.17, 15) is 9.90 Å². The summed E-state index contributed by atoms with van der Waals surface area (Å²) in [6.07, 6.45) is 5.40. The number of aromatic carboxylic acids is 1. The summed E-state index contributed by atoms with van der Waals surface area (Å²) in [5.41, 5.74) is 1.67. The number of halogens is 1. The number of thiophene rings is 1. The van der Waals surface area contributed by atoms with E-state index in [1.54, 1.807) is 17.4 Å². The minimum Gasteiger partial charge on any atom is -0.477 e. The summed E-state index contributed by atoms with van der Waals surface area (Å²) in [7, 11) is 0. The minimum atomic E-state index is -1.02. The molecule has 2 N–H and O–H groups in total. The summed E-state index contributed by atoms with van der Waals surface area (Å²) in [5.74, 6) is 0.445. The second-order valence-corrected chi connectivity index (χ2v) is 9.68. The molecule has 2 aliphatic rings. The number of ether oxygens (including phenoxy) is 2. The summed E-state index contributed by atoms with van der Waals surface area (Å²) in [6.45, 7) is 2.27. The first kappa shape index (κ1) is 20.4. The van der Waals surface area contributed by atoms with Gasteiger partial charge < -0.3 is 14.6 Å². The van der Waals surface area contributed by atoms with Crippen molar-refractivity contribution >= 4 is 28.9 Å². The van der Waals surface area contributed by atoms with Crippen molar-refractivity contribution in [2.45, 2.75) is 44.4 Å². The Morgan fingerprint density at radius 1 is 1.26 bits per heavy atom. The van der Waals surface area contributed by atoms with Gasteiger partial charge in [0.25, 0.3) is 0 Å². The number of carbonyl (C=O) groups is 1. The van der Waals surface area contributed by atoms with Crippen molar-refractivity contribution < 1.29 is 19.4 Å². The topological polar surface area (TPSA) is 84.4 Å². The van der Waals surface area contributed by atoms with Crippen LogP contribution in [0.3, 0.4) is 0 Å². The van der Waals surface area contributed by atoms with Gasteiger partial charge in [0.15, 0.2) is 11.5 Å². The normalized spacial score (nSPS) is 18.1. The Labute approximate surface area is 189 Å². The van der Waals surface area contributed by atoms with Gasteiger partial charge in [-0.2, -0.15) is 5.10 Å². The van der Waals surface area contributed by atoms with Crippen LogP contribution >= 0.6 is 22.9 Å². The number of hydrogen-bond acceptors (Lipinski definition) is 5. The summed E-state index contributed by atoms with van der Waals surface area (Å²) in [5, 5.41) is 19.9. The van der Waals surface area contributed by atoms with Gasteiger partial charge in [-0.25, -0.2) is 4.79 Å². The van der Waals surface area contributed by atoms with Crippen LogP contribution < -0.4 is 9.47 Å². The van der Waals surface area contributed by atoms with Crippen LogP contribution in [-0.2, 0) is 5.41 Å². The first-order valence-corrected chi connectivity index (χ1v) is 11.7. The number of nitrogens with one attached hydrogen (secondary N) is 1. The number of carboxylic acids is 1. The Morgan fingerprint density at radius 2 is 2.00 bits per heavy atom. The fraction of sp³-hybridized carbons (Fsp3) is 0.391. The van der Waals surface area contributed by atoms with Crippen molar-refractivity contribution in [3.63, 3.8) is 0 Å². The number of benzene rings is 1. The van der Waals surface area contributed by atoms with Crippen molar-refractivity contribution in [1.29, 1.82) is 0 Å². The van der Waals surface area contributed by atoms with E-state index in [2.05, 4.69) is 17.1 Å². The second kappa shape index (κ2) is 7.88. The van der Waals surface area contributed by atoms with Crippen LogP contribution in [0.1, 0.15) is 60.6 Å². The summed E-state index contributed by atoms with van der Waals surface area (Å²) >= 11 is 8.37. The number of aromatic nitrogens is 2. The van der Waals surface area contributed by atoms with Crippen LogP contribution in [0.5, 0.6) is 11.5 Å². The largest absolute Gasteiger partial charge is 0.477 e. The molecule has 0 amide bonds. The van der Waals surface area contributed by atoms with Crippen LogP contribution in [0.25, 0.3) is 10.6 Å². The predicted molar refractivity (Wildman–Crippen MR) is 119 cm³/mol. The van der Waals surface area contributed by atoms with E-state index >= 15 is 0 Å². The first-order valence-electron chi connectivity index (χ1n) is 10.5. The van der Waals surface area contributed by atoms with E-state index in [0.29, 0.717) is 27.8 Å². The highest BCUT2D eigenvalue weighted by Gasteiger charge is 2.45. The van der Waals surface area contributed by atoms with Gasteiger partial charge in [-0.3, -0.25) is 5.10 Å². The Bertz CT molecular complexity index is 1120. The molecule has 0 spiro atoms. The molecule has 0 saturated heterocycles. The molecule has 0 bridgehead atoms. The first-order chi connectivity index (χ1) is 15.0. The lowest BCUT2D eigenvalue weighted by molar-refractivity contribution is 0.0686. The molecule has 162 valence electrons. The SMILES string of the molecule is CC(c1cc2c(cc1Cl)OCO2)(c1c(-c2cccs2)n[nH]c1C(=O)O)C1CCCCC1. The predicted octanol–water partition coefficient (Wildman–Crippen LogP) is 6.10. The maximum atomic E-state index is 12.3. The monoisotopic (exact) mass is 458 g/mol. The lowest BCUT2D eigenvalue weighted by Gasteiger charge is -2.41. The third-order valence-electron chi connectivity index (χ3n) is 6.70. The molecule has 1 atom stereocenters. The summed E-state index contributed by atoms with van der Waals surface area (Å²) in [6, 6.07) is 7.63. The number of nitrogens with zero attached hydrogens (tertiary/aromatic N) is 1. The van der Waals surface area contributed by atoms with Crippen LogP contribution in [0, 0.1) is 5.92 Å². The van der Waals surface area contributed by atoms with E-state index in [0.717, 1.165) is 36.1 Å². The van der Waals surface area contributed by atoms with Gasteiger partial charge in [0.05, 0.1) is 4.88 Å². The van der Waals surface area contributed by atoms with Crippen molar-refractivity contribution in [3.8, 4) is 22.1 Å². The van der Waals surface area contributed by atoms with Gasteiger partial charge in [-0.15, -0.1) is 11.3 Å². The number of H-pyrrole nitrogens is 1. The van der Waals surface area contributed by atoms with Crippen molar-refractivity contribution in [1.82, 2.24) is 10.2 Å². The Hall–Kier alpha value is -2.51. The van der Waals surface area contributed by atoms with Crippen LogP contribution in [0.2, 0.25) is 5.02 Å². The smallest absolute Gasteiger partial charge is 0.354 e. The quantitative estimate of drug-likeness (QED) is 0.482. The fourth-order valence-corrected chi connectivity index (χ4v) is 6.22. The number of rotatable bonds is 5. The minimum absolute atomic E-state index is 0.116. The Kier molecular flexibility index (Phi) is 5.18. The van der Waals surface area contributed by atoms with E-state index < -0.39 is 11.4 Å². The molecular formula is C23H23ClN2O4S. The molecule has 31 heavy (non-hydrogen) atoms. The molecule has 3 heterocycles. The van der Waals surface area contributed by atoms with Gasteiger partial charge in [0.2, 0.25) is 6.79 Å². The zero-order valence-corrected chi connectivity index (χ0v) is 18.7. The van der Waals surface area contributed by atoms with Crippen molar-refractivity contribution in [2.24, 2.45) is 5.92 Å². The maximum absolute atomic E-state index is 12.3. The molecule has 1 fully saturated rings. The third kappa shape index (κ3) is 3.31. The van der Waals surface area contributed by atoms with Gasteiger partial charge >= 0.3 is 5.97 Å². The third-order valence-corrected chi connectivity index (χ3v) is 7.89. The lowest BCUT2D eigenvalue weighted by atomic mass is 9.62. The standard InChI is InChI=1S/C23H23ClN2O4S/c1-23(13-6-3-2-4-7-13,14-10-16-17(11-15(14)24)30-12-29-16)19-20(18-8-5-9-31-18)25-26-21(19)22(27)28/h5,8-11,13H,2-4,6-7,12H2,1H3,(H,25,26)(H,27,28). The Morgan fingerprint density at radius 3 is 2.68 bits per heavy atom. The highest BCUT2D eigenvalue weighted by atomic mass is 35.5. The van der Waals surface area contributed by atoms with Crippen LogP contribution in [0.15, 0.2) is 29.6 Å². The molecule has 2 aromatic heterocycles. The number of aromatic amines is 1. The van der Waals surface area contributed by atoms with Crippen molar-refractivity contribution in [2.75, 3.05) is 6.79 Å². The van der Waals surface area contributed by atoms with Gasteiger partial charge in [-0.05, 0) is 41.8 Å². The lowest BCUT2D eigenvalue weighted by Crippen LogP contribution is -2.37. The summed E-state index contributed by atoms with van der Waals surface area (Å²) < 4.78 is 11.2. The molecule has 5 rings (SSSR count). The van der Waals surface area contributed by atoms with E-state index in [-0.39, 0.29) is 18.4 Å². The zero-order chi connectivity index (χ0) is 21.6. The molecule has 6 nitrogen and oxygen atoms in total. The zero-order valence-electron chi connectivity index (χ0n) is 17.1. The molecule has 1 unspecified atom stereocenters. The van der Waals surface area contributed by atoms with Crippen molar-refractivity contribution in [3.05, 3.63) is 51.5 Å². The molecule has 0 radical (unpaired) electrons. The highest BCUT2D eigenvalue weighted by molar-refractivity contribution is 7.13. The average Bonchev–Trinajstić information content (AvgIpc) is 3.52. The molecule has 1 aliphatic heterocycles. The summed E-state index contributed by atoms with van der Waals surface area (Å²) in [4.78, 5) is 13.2. The molecule has 1 aliphatic carbocycles. The van der Waals surface area contributed by atoms with E-state index in [1.165, 1.54) is 6.42 Å². The second-order valence-electron chi connectivity index (χ2n) is 8.33. The van der Waals surface area contributed by atoms with E-state index in [4.69, 9.17) is 21.1 Å². The number of fused-ring (bicyclic) bond motifs is 1. The molecule has 3 aromatic rings. The van der Waals surface area contributed by atoms with Gasteiger partial charge in [0.1, 0.15) is 11.4 Å². The van der Waals surface area contributed by atoms with E-state index in [1.807, 2.05) is 23.6 Å². The number of carboxylic acid groups (broad SMARTS) is 1. The number of hydrogen-bond donors (Lipinski definition) is 2. The Balaban J connectivity index is 1.79. The van der Waals surface area contributed by atoms with Gasteiger partial charge in [-0.1, -0.05) is 43.9 Å². The van der Waals surface area contributed by atoms with Crippen LogP contribution in [0.4, 0.5) is 0 Å². The molecule has 1 saturated carbocycles. The maximum Gasteiger partial charge on any atom is 0.354 e. The molecule has 8 heteroatoms. The van der Waals surface area contributed by atoms with Gasteiger partial charge in [0, 0.05) is 22.1 Å².